The van der Waals surface area contributed by atoms with Crippen LogP contribution in [0.4, 0.5) is 0 Å². The second kappa shape index (κ2) is 5.03. The second-order valence-electron chi connectivity index (χ2n) is 3.91. The minimum absolute atomic E-state index is 0.131. The summed E-state index contributed by atoms with van der Waals surface area (Å²) < 4.78 is 0. The molecule has 1 aliphatic heterocycles. The molecule has 6 heteroatoms. The van der Waals surface area contributed by atoms with Crippen LogP contribution >= 0.6 is 0 Å². The Bertz CT molecular complexity index is 405. The van der Waals surface area contributed by atoms with Crippen LogP contribution < -0.4 is 11.1 Å². The molecule has 1 aliphatic rings. The Hall–Kier alpha value is -1.79. The number of nitrogens with two attached hydrogens (primary N) is 1. The van der Waals surface area contributed by atoms with Crippen LogP contribution in [-0.2, 0) is 9.59 Å². The highest BCUT2D eigenvalue weighted by Gasteiger charge is 2.28. The first-order valence-corrected chi connectivity index (χ1v) is 5.37. The fourth-order valence-corrected chi connectivity index (χ4v) is 1.96. The van der Waals surface area contributed by atoms with E-state index in [1.807, 2.05) is 12.1 Å². The van der Waals surface area contributed by atoms with Gasteiger partial charge in [-0.25, -0.2) is 0 Å². The monoisotopic (exact) mass is 234 g/mol. The fourth-order valence-electron chi connectivity index (χ4n) is 1.96. The lowest BCUT2D eigenvalue weighted by molar-refractivity contribution is -0.137. The van der Waals surface area contributed by atoms with Crippen molar-refractivity contribution in [3.63, 3.8) is 0 Å². The Balaban J connectivity index is 2.18. The van der Waals surface area contributed by atoms with Crippen molar-refractivity contribution in [1.82, 2.24) is 15.2 Å². The summed E-state index contributed by atoms with van der Waals surface area (Å²) in [6, 6.07) is 3.55. The van der Waals surface area contributed by atoms with Crippen LogP contribution in [0.1, 0.15) is 11.6 Å². The molecule has 0 radical (unpaired) electrons. The van der Waals surface area contributed by atoms with E-state index in [0.29, 0.717) is 6.54 Å². The number of piperazine rings is 1. The van der Waals surface area contributed by atoms with Crippen molar-refractivity contribution in [3.05, 3.63) is 30.1 Å². The number of imide groups is 1. The lowest BCUT2D eigenvalue weighted by Gasteiger charge is -2.32. The number of pyridine rings is 1. The molecular weight excluding hydrogens is 220 g/mol. The number of rotatable bonds is 3. The molecular formula is C11H14N4O2. The highest BCUT2D eigenvalue weighted by atomic mass is 16.2. The number of aromatic nitrogens is 1. The van der Waals surface area contributed by atoms with Crippen LogP contribution in [0.5, 0.6) is 0 Å². The van der Waals surface area contributed by atoms with E-state index in [0.717, 1.165) is 5.56 Å². The lowest BCUT2D eigenvalue weighted by atomic mass is 10.1. The van der Waals surface area contributed by atoms with E-state index in [9.17, 15) is 9.59 Å². The van der Waals surface area contributed by atoms with E-state index in [2.05, 4.69) is 10.3 Å². The minimum atomic E-state index is -0.284. The molecule has 3 N–H and O–H groups in total. The van der Waals surface area contributed by atoms with Gasteiger partial charge in [0.1, 0.15) is 0 Å². The highest BCUT2D eigenvalue weighted by Crippen LogP contribution is 2.19. The summed E-state index contributed by atoms with van der Waals surface area (Å²) in [5, 5.41) is 2.27. The molecule has 0 aliphatic carbocycles. The van der Waals surface area contributed by atoms with E-state index in [4.69, 9.17) is 5.73 Å². The number of hydrogen-bond acceptors (Lipinski definition) is 5. The Kier molecular flexibility index (Phi) is 3.46. The summed E-state index contributed by atoms with van der Waals surface area (Å²) in [7, 11) is 0. The molecule has 6 nitrogen and oxygen atoms in total. The fraction of sp³-hybridized carbons (Fsp3) is 0.364. The molecule has 1 saturated heterocycles. The Morgan fingerprint density at radius 2 is 1.88 bits per heavy atom. The van der Waals surface area contributed by atoms with Crippen LogP contribution in [0, 0.1) is 0 Å². The summed E-state index contributed by atoms with van der Waals surface area (Å²) >= 11 is 0. The van der Waals surface area contributed by atoms with E-state index in [1.54, 1.807) is 17.3 Å². The average Bonchev–Trinajstić information content (AvgIpc) is 2.30. The predicted molar refractivity (Wildman–Crippen MR) is 60.8 cm³/mol. The van der Waals surface area contributed by atoms with Crippen LogP contribution in [0.3, 0.4) is 0 Å². The normalized spacial score (nSPS) is 18.9. The first kappa shape index (κ1) is 11.7. The summed E-state index contributed by atoms with van der Waals surface area (Å²) in [4.78, 5) is 28.3. The molecule has 1 fully saturated rings. The van der Waals surface area contributed by atoms with Crippen LogP contribution in [0.2, 0.25) is 0 Å². The maximum Gasteiger partial charge on any atom is 0.240 e. The zero-order valence-electron chi connectivity index (χ0n) is 9.30. The van der Waals surface area contributed by atoms with Gasteiger partial charge in [-0.15, -0.1) is 0 Å². The number of nitrogens with one attached hydrogen (secondary N) is 1. The van der Waals surface area contributed by atoms with Crippen molar-refractivity contribution in [1.29, 1.82) is 0 Å². The van der Waals surface area contributed by atoms with E-state index < -0.39 is 0 Å². The molecule has 0 saturated carbocycles. The summed E-state index contributed by atoms with van der Waals surface area (Å²) in [6.45, 7) is 0.733. The number of hydrogen-bond donors (Lipinski definition) is 2. The van der Waals surface area contributed by atoms with Crippen LogP contribution in [0.25, 0.3) is 0 Å². The second-order valence-corrected chi connectivity index (χ2v) is 3.91. The number of amides is 2. The number of carbonyl (C=O) groups is 2. The first-order valence-electron chi connectivity index (χ1n) is 5.37. The summed E-state index contributed by atoms with van der Waals surface area (Å²) in [5.41, 5.74) is 6.68. The Labute approximate surface area is 98.8 Å². The maximum atomic E-state index is 11.3. The van der Waals surface area contributed by atoms with Gasteiger partial charge in [0, 0.05) is 25.0 Å². The Morgan fingerprint density at radius 1 is 1.29 bits per heavy atom. The van der Waals surface area contributed by atoms with Gasteiger partial charge in [-0.05, 0) is 17.7 Å². The molecule has 2 amide bonds. The van der Waals surface area contributed by atoms with Crippen molar-refractivity contribution in [2.45, 2.75) is 6.04 Å². The topological polar surface area (TPSA) is 88.3 Å². The van der Waals surface area contributed by atoms with Crippen molar-refractivity contribution in [2.75, 3.05) is 19.6 Å². The van der Waals surface area contributed by atoms with E-state index >= 15 is 0 Å². The van der Waals surface area contributed by atoms with E-state index in [-0.39, 0.29) is 30.9 Å². The predicted octanol–water partition coefficient (Wildman–Crippen LogP) is -0.960. The van der Waals surface area contributed by atoms with Gasteiger partial charge in [0.2, 0.25) is 11.8 Å². The third kappa shape index (κ3) is 2.66. The van der Waals surface area contributed by atoms with Gasteiger partial charge in [0.05, 0.1) is 13.1 Å². The third-order valence-corrected chi connectivity index (χ3v) is 2.73. The molecule has 2 rings (SSSR count). The van der Waals surface area contributed by atoms with Gasteiger partial charge in [0.25, 0.3) is 0 Å². The van der Waals surface area contributed by atoms with Gasteiger partial charge in [0.15, 0.2) is 0 Å². The van der Waals surface area contributed by atoms with Gasteiger partial charge in [-0.3, -0.25) is 24.8 Å². The van der Waals surface area contributed by atoms with Crippen molar-refractivity contribution < 1.29 is 9.59 Å². The molecule has 90 valence electrons. The molecule has 17 heavy (non-hydrogen) atoms. The quantitative estimate of drug-likeness (QED) is 0.658. The molecule has 1 atom stereocenters. The molecule has 1 unspecified atom stereocenters. The largest absolute Gasteiger partial charge is 0.329 e. The SMILES string of the molecule is NCC(c1ccncc1)N1CC(=O)NC(=O)C1. The minimum Gasteiger partial charge on any atom is -0.329 e. The van der Waals surface area contributed by atoms with Gasteiger partial charge < -0.3 is 5.73 Å². The summed E-state index contributed by atoms with van der Waals surface area (Å²) in [6.07, 6.45) is 3.34. The van der Waals surface area contributed by atoms with Crippen LogP contribution in [-0.4, -0.2) is 41.3 Å². The van der Waals surface area contributed by atoms with Gasteiger partial charge in [-0.2, -0.15) is 0 Å². The molecule has 1 aromatic heterocycles. The molecule has 0 aromatic carbocycles. The molecule has 0 spiro atoms. The summed E-state index contributed by atoms with van der Waals surface area (Å²) in [5.74, 6) is -0.567. The van der Waals surface area contributed by atoms with E-state index in [1.165, 1.54) is 0 Å². The zero-order valence-corrected chi connectivity index (χ0v) is 9.30. The molecule has 0 bridgehead atoms. The highest BCUT2D eigenvalue weighted by molar-refractivity contribution is 5.99. The lowest BCUT2D eigenvalue weighted by Crippen LogP contribution is -2.53. The smallest absolute Gasteiger partial charge is 0.240 e. The standard InChI is InChI=1S/C11H14N4O2/c12-5-9(8-1-3-13-4-2-8)15-6-10(16)14-11(17)7-15/h1-4,9H,5-7,12H2,(H,14,16,17). The van der Waals surface area contributed by atoms with Gasteiger partial charge in [-0.1, -0.05) is 0 Å². The number of carbonyl (C=O) groups excluding carboxylic acids is 2. The zero-order chi connectivity index (χ0) is 12.3. The molecule has 1 aromatic rings. The van der Waals surface area contributed by atoms with Crippen molar-refractivity contribution in [2.24, 2.45) is 5.73 Å². The Morgan fingerprint density at radius 3 is 2.41 bits per heavy atom. The van der Waals surface area contributed by atoms with Crippen LogP contribution in [0.15, 0.2) is 24.5 Å². The number of nitrogens with zero attached hydrogens (tertiary/aromatic N) is 2. The van der Waals surface area contributed by atoms with Crippen molar-refractivity contribution in [3.8, 4) is 0 Å². The third-order valence-electron chi connectivity index (χ3n) is 2.73. The maximum absolute atomic E-state index is 11.3. The van der Waals surface area contributed by atoms with Crippen molar-refractivity contribution >= 4 is 11.8 Å². The van der Waals surface area contributed by atoms with Gasteiger partial charge >= 0.3 is 0 Å². The molecule has 2 heterocycles. The average molecular weight is 234 g/mol. The first-order chi connectivity index (χ1) is 8.20.